The van der Waals surface area contributed by atoms with Crippen molar-refractivity contribution < 1.29 is 28.2 Å². The lowest BCUT2D eigenvalue weighted by molar-refractivity contribution is -0.122. The van der Waals surface area contributed by atoms with Crippen LogP contribution in [0.5, 0.6) is 5.75 Å². The number of hydrogen-bond donors (Lipinski definition) is 2. The average Bonchev–Trinajstić information content (AvgIpc) is 3.18. The molecule has 0 saturated heterocycles. The van der Waals surface area contributed by atoms with E-state index >= 15 is 0 Å². The standard InChI is InChI=1S/C22H19F2N3O2.CH2O2/c1-13-10-14(6-8-19(13)28-2)22(12-29-21(25)27-22)15-5-7-18(23)17(11-15)16-4-3-9-26-20(16)24;2-1-3/h3-11H,12H2,1-2H3,(H2,25,27);1H,(H,2,3). The number of carbonyl (C=O) groups is 1. The first-order valence-electron chi connectivity index (χ1n) is 9.48. The third kappa shape index (κ3) is 4.22. The number of pyridine rings is 1. The fourth-order valence-electron chi connectivity index (χ4n) is 3.61. The number of nitrogens with zero attached hydrogens (tertiary/aromatic N) is 2. The highest BCUT2D eigenvalue weighted by atomic mass is 19.1. The van der Waals surface area contributed by atoms with Crippen LogP contribution in [0.2, 0.25) is 0 Å². The minimum atomic E-state index is -0.984. The van der Waals surface area contributed by atoms with Crippen molar-refractivity contribution in [2.24, 2.45) is 10.7 Å². The molecule has 4 rings (SSSR count). The second kappa shape index (κ2) is 9.42. The van der Waals surface area contributed by atoms with Gasteiger partial charge in [0.2, 0.25) is 5.95 Å². The van der Waals surface area contributed by atoms with E-state index in [0.29, 0.717) is 5.56 Å². The van der Waals surface area contributed by atoms with Crippen LogP contribution >= 0.6 is 0 Å². The second-order valence-electron chi connectivity index (χ2n) is 6.93. The van der Waals surface area contributed by atoms with E-state index in [4.69, 9.17) is 25.1 Å². The molecule has 0 spiro atoms. The maximum Gasteiger partial charge on any atom is 0.290 e. The summed E-state index contributed by atoms with van der Waals surface area (Å²) in [5.41, 5.74) is 7.37. The molecule has 2 heterocycles. The normalized spacial score (nSPS) is 16.9. The van der Waals surface area contributed by atoms with Gasteiger partial charge in [-0.25, -0.2) is 14.4 Å². The van der Waals surface area contributed by atoms with Crippen LogP contribution in [0.4, 0.5) is 8.78 Å². The summed E-state index contributed by atoms with van der Waals surface area (Å²) in [5, 5.41) is 6.89. The van der Waals surface area contributed by atoms with E-state index in [1.54, 1.807) is 25.3 Å². The van der Waals surface area contributed by atoms with Crippen molar-refractivity contribution in [2.75, 3.05) is 13.7 Å². The van der Waals surface area contributed by atoms with Gasteiger partial charge in [0, 0.05) is 17.3 Å². The van der Waals surface area contributed by atoms with Crippen LogP contribution in [0.3, 0.4) is 0 Å². The van der Waals surface area contributed by atoms with E-state index in [0.717, 1.165) is 16.9 Å². The summed E-state index contributed by atoms with van der Waals surface area (Å²) in [5.74, 6) is -0.571. The maximum absolute atomic E-state index is 14.6. The molecule has 0 radical (unpaired) electrons. The molecule has 0 aliphatic carbocycles. The predicted molar refractivity (Wildman–Crippen MR) is 114 cm³/mol. The number of aromatic nitrogens is 1. The van der Waals surface area contributed by atoms with Crippen LogP contribution in [0.25, 0.3) is 11.1 Å². The molecular formula is C23H21F2N3O4. The quantitative estimate of drug-likeness (QED) is 0.473. The van der Waals surface area contributed by atoms with Gasteiger partial charge >= 0.3 is 0 Å². The molecule has 1 aliphatic rings. The Morgan fingerprint density at radius 1 is 1.16 bits per heavy atom. The third-order valence-electron chi connectivity index (χ3n) is 5.10. The molecule has 1 unspecified atom stereocenters. The number of ether oxygens (including phenoxy) is 2. The molecule has 0 bridgehead atoms. The monoisotopic (exact) mass is 441 g/mol. The number of hydrogen-bond acceptors (Lipinski definition) is 6. The Labute approximate surface area is 183 Å². The van der Waals surface area contributed by atoms with E-state index in [1.807, 2.05) is 25.1 Å². The van der Waals surface area contributed by atoms with E-state index in [1.165, 1.54) is 18.3 Å². The molecule has 0 amide bonds. The number of carboxylic acid groups (broad SMARTS) is 1. The number of amidine groups is 1. The van der Waals surface area contributed by atoms with Crippen LogP contribution in [0.15, 0.2) is 59.7 Å². The van der Waals surface area contributed by atoms with Gasteiger partial charge in [0.1, 0.15) is 18.2 Å². The summed E-state index contributed by atoms with van der Waals surface area (Å²) in [7, 11) is 1.60. The Bertz CT molecular complexity index is 1170. The Balaban J connectivity index is 0.000000913. The topological polar surface area (TPSA) is 107 Å². The van der Waals surface area contributed by atoms with Crippen molar-refractivity contribution in [1.82, 2.24) is 4.98 Å². The van der Waals surface area contributed by atoms with Crippen molar-refractivity contribution in [3.8, 4) is 16.9 Å². The average molecular weight is 441 g/mol. The SMILES string of the molecule is COc1ccc(C2(c3ccc(F)c(-c4cccnc4F)c3)COC(N)=N2)cc1C.O=CO. The van der Waals surface area contributed by atoms with Gasteiger partial charge in [0.25, 0.3) is 12.5 Å². The van der Waals surface area contributed by atoms with Crippen molar-refractivity contribution in [1.29, 1.82) is 0 Å². The fraction of sp³-hybridized carbons (Fsp3) is 0.174. The van der Waals surface area contributed by atoms with Gasteiger partial charge in [-0.3, -0.25) is 4.79 Å². The summed E-state index contributed by atoms with van der Waals surface area (Å²) in [4.78, 5) is 16.5. The number of benzene rings is 2. The van der Waals surface area contributed by atoms with Gasteiger partial charge in [-0.15, -0.1) is 0 Å². The molecule has 3 N–H and O–H groups in total. The van der Waals surface area contributed by atoms with Crippen LogP contribution in [0, 0.1) is 18.7 Å². The van der Waals surface area contributed by atoms with Crippen molar-refractivity contribution in [3.63, 3.8) is 0 Å². The zero-order chi connectivity index (χ0) is 23.3. The zero-order valence-corrected chi connectivity index (χ0v) is 17.4. The van der Waals surface area contributed by atoms with Crippen LogP contribution in [-0.4, -0.2) is 36.3 Å². The molecule has 32 heavy (non-hydrogen) atoms. The van der Waals surface area contributed by atoms with E-state index in [-0.39, 0.29) is 30.2 Å². The summed E-state index contributed by atoms with van der Waals surface area (Å²) in [6.07, 6.45) is 1.32. The molecular weight excluding hydrogens is 420 g/mol. The van der Waals surface area contributed by atoms with Crippen LogP contribution in [0.1, 0.15) is 16.7 Å². The summed E-state index contributed by atoms with van der Waals surface area (Å²) in [6.45, 7) is 1.81. The smallest absolute Gasteiger partial charge is 0.290 e. The molecule has 9 heteroatoms. The lowest BCUT2D eigenvalue weighted by Gasteiger charge is -2.26. The number of rotatable bonds is 4. The van der Waals surface area contributed by atoms with Crippen LogP contribution < -0.4 is 10.5 Å². The Hall–Kier alpha value is -4.01. The molecule has 1 aromatic heterocycles. The van der Waals surface area contributed by atoms with Gasteiger partial charge in [0.15, 0.2) is 5.54 Å². The first kappa shape index (κ1) is 22.7. The predicted octanol–water partition coefficient (Wildman–Crippen LogP) is 3.63. The van der Waals surface area contributed by atoms with Crippen molar-refractivity contribution in [3.05, 3.63) is 83.2 Å². The first-order chi connectivity index (χ1) is 15.4. The summed E-state index contributed by atoms with van der Waals surface area (Å²) < 4.78 is 39.6. The molecule has 1 aliphatic heterocycles. The van der Waals surface area contributed by atoms with E-state index in [2.05, 4.69) is 9.98 Å². The van der Waals surface area contributed by atoms with Crippen molar-refractivity contribution in [2.45, 2.75) is 12.5 Å². The number of nitrogens with two attached hydrogens (primary N) is 1. The lowest BCUT2D eigenvalue weighted by atomic mass is 9.82. The Morgan fingerprint density at radius 2 is 1.84 bits per heavy atom. The molecule has 0 fully saturated rings. The van der Waals surface area contributed by atoms with E-state index in [9.17, 15) is 8.78 Å². The Morgan fingerprint density at radius 3 is 2.44 bits per heavy atom. The molecule has 1 atom stereocenters. The van der Waals surface area contributed by atoms with Crippen LogP contribution in [-0.2, 0) is 15.1 Å². The molecule has 0 saturated carbocycles. The number of aliphatic imine (C=N–C) groups is 1. The van der Waals surface area contributed by atoms with E-state index < -0.39 is 17.3 Å². The minimum Gasteiger partial charge on any atom is -0.496 e. The molecule has 7 nitrogen and oxygen atoms in total. The first-order valence-corrected chi connectivity index (χ1v) is 9.48. The summed E-state index contributed by atoms with van der Waals surface area (Å²) >= 11 is 0. The highest BCUT2D eigenvalue weighted by molar-refractivity contribution is 5.76. The maximum atomic E-state index is 14.6. The number of aryl methyl sites for hydroxylation is 1. The lowest BCUT2D eigenvalue weighted by Crippen LogP contribution is -2.27. The number of halogens is 2. The van der Waals surface area contributed by atoms with Gasteiger partial charge in [-0.2, -0.15) is 4.39 Å². The molecule has 2 aromatic carbocycles. The molecule has 3 aromatic rings. The Kier molecular flexibility index (Phi) is 6.67. The van der Waals surface area contributed by atoms with Gasteiger partial charge in [-0.05, 0) is 60.0 Å². The zero-order valence-electron chi connectivity index (χ0n) is 17.4. The van der Waals surface area contributed by atoms with Gasteiger partial charge < -0.3 is 20.3 Å². The largest absolute Gasteiger partial charge is 0.496 e. The number of methoxy groups -OCH3 is 1. The fourth-order valence-corrected chi connectivity index (χ4v) is 3.61. The highest BCUT2D eigenvalue weighted by Crippen LogP contribution is 2.41. The summed E-state index contributed by atoms with van der Waals surface area (Å²) in [6, 6.07) is 13.2. The second-order valence-corrected chi connectivity index (χ2v) is 6.93. The molecule has 166 valence electrons. The van der Waals surface area contributed by atoms with Gasteiger partial charge in [0.05, 0.1) is 7.11 Å². The minimum absolute atomic E-state index is 0.0388. The van der Waals surface area contributed by atoms with Gasteiger partial charge in [-0.1, -0.05) is 12.1 Å². The third-order valence-corrected chi connectivity index (χ3v) is 5.10. The highest BCUT2D eigenvalue weighted by Gasteiger charge is 2.40. The van der Waals surface area contributed by atoms with Crippen molar-refractivity contribution >= 4 is 12.5 Å².